The minimum atomic E-state index is -3.70. The number of benzene rings is 2. The molecule has 0 bridgehead atoms. The van der Waals surface area contributed by atoms with E-state index in [4.69, 9.17) is 5.73 Å². The van der Waals surface area contributed by atoms with Crippen LogP contribution < -0.4 is 10.0 Å². The molecule has 0 heterocycles. The lowest BCUT2D eigenvalue weighted by Gasteiger charge is -2.20. The molecule has 112 valence electrons. The molecule has 2 rings (SSSR count). The monoisotopic (exact) mass is 308 g/mol. The van der Waals surface area contributed by atoms with E-state index in [-0.39, 0.29) is 11.4 Å². The molecule has 0 spiro atoms. The molecule has 0 aliphatic rings. The van der Waals surface area contributed by atoms with Crippen LogP contribution in [0.15, 0.2) is 47.4 Å². The van der Waals surface area contributed by atoms with Crippen molar-refractivity contribution in [1.82, 2.24) is 0 Å². The quantitative estimate of drug-likeness (QED) is 0.943. The van der Waals surface area contributed by atoms with E-state index >= 15 is 0 Å². The van der Waals surface area contributed by atoms with Crippen molar-refractivity contribution in [1.29, 1.82) is 0 Å². The summed E-state index contributed by atoms with van der Waals surface area (Å²) in [5.74, 6) is -0.412. The summed E-state index contributed by atoms with van der Waals surface area (Å²) in [6.45, 7) is 2.15. The molecule has 2 aromatic carbocycles. The van der Waals surface area contributed by atoms with E-state index in [2.05, 4.69) is 0 Å². The molecule has 0 amide bonds. The Balaban J connectivity index is 2.43. The first kappa shape index (κ1) is 15.5. The molecular formula is C15H17FN2O2S. The summed E-state index contributed by atoms with van der Waals surface area (Å²) in [6.07, 6.45) is 0. The second-order valence-electron chi connectivity index (χ2n) is 4.74. The van der Waals surface area contributed by atoms with E-state index in [0.717, 1.165) is 15.4 Å². The molecule has 6 heteroatoms. The zero-order chi connectivity index (χ0) is 15.6. The van der Waals surface area contributed by atoms with Gasteiger partial charge in [0, 0.05) is 13.6 Å². The van der Waals surface area contributed by atoms with Crippen molar-refractivity contribution in [2.24, 2.45) is 5.73 Å². The van der Waals surface area contributed by atoms with Crippen molar-refractivity contribution in [3.05, 3.63) is 59.4 Å². The van der Waals surface area contributed by atoms with Gasteiger partial charge in [-0.15, -0.1) is 0 Å². The van der Waals surface area contributed by atoms with Gasteiger partial charge in [0.15, 0.2) is 0 Å². The number of anilines is 1. The van der Waals surface area contributed by atoms with Crippen molar-refractivity contribution < 1.29 is 12.8 Å². The summed E-state index contributed by atoms with van der Waals surface area (Å²) in [5.41, 5.74) is 7.74. The average Bonchev–Trinajstić information content (AvgIpc) is 2.47. The van der Waals surface area contributed by atoms with Gasteiger partial charge in [0.1, 0.15) is 5.82 Å². The van der Waals surface area contributed by atoms with Crippen LogP contribution >= 0.6 is 0 Å². The number of hydrogen-bond acceptors (Lipinski definition) is 3. The molecule has 0 saturated carbocycles. The highest BCUT2D eigenvalue weighted by Crippen LogP contribution is 2.23. The molecule has 21 heavy (non-hydrogen) atoms. The maximum absolute atomic E-state index is 12.9. The third-order valence-corrected chi connectivity index (χ3v) is 5.17. The first-order valence-corrected chi connectivity index (χ1v) is 7.84. The van der Waals surface area contributed by atoms with Crippen LogP contribution in [0.2, 0.25) is 0 Å². The van der Waals surface area contributed by atoms with Crippen molar-refractivity contribution in [3.8, 4) is 0 Å². The van der Waals surface area contributed by atoms with E-state index < -0.39 is 15.8 Å². The Labute approximate surface area is 124 Å². The van der Waals surface area contributed by atoms with Gasteiger partial charge in [-0.2, -0.15) is 0 Å². The Morgan fingerprint density at radius 3 is 2.33 bits per heavy atom. The summed E-state index contributed by atoms with van der Waals surface area (Å²) >= 11 is 0. The largest absolute Gasteiger partial charge is 0.326 e. The fraction of sp³-hybridized carbons (Fsp3) is 0.200. The molecule has 0 radical (unpaired) electrons. The Hall–Kier alpha value is -1.92. The summed E-state index contributed by atoms with van der Waals surface area (Å²) in [4.78, 5) is 0.167. The Kier molecular flexibility index (Phi) is 4.29. The first-order chi connectivity index (χ1) is 9.86. The molecule has 0 aliphatic carbocycles. The number of aryl methyl sites for hydroxylation is 1. The normalized spacial score (nSPS) is 11.4. The third-order valence-electron chi connectivity index (χ3n) is 3.39. The third kappa shape index (κ3) is 3.06. The van der Waals surface area contributed by atoms with E-state index in [1.165, 1.54) is 31.3 Å². The van der Waals surface area contributed by atoms with Crippen LogP contribution in [0.1, 0.15) is 11.1 Å². The molecule has 0 saturated heterocycles. The van der Waals surface area contributed by atoms with Gasteiger partial charge in [0.2, 0.25) is 0 Å². The van der Waals surface area contributed by atoms with Gasteiger partial charge in [-0.05, 0) is 54.4 Å². The molecule has 0 aliphatic heterocycles. The number of nitrogens with two attached hydrogens (primary N) is 1. The Bertz CT molecular complexity index is 743. The molecule has 0 fully saturated rings. The standard InChI is InChI=1S/C15H17FN2O2S/c1-11-3-8-15(9-12(11)10-17)21(19,20)18(2)14-6-4-13(16)5-7-14/h3-9H,10,17H2,1-2H3. The van der Waals surface area contributed by atoms with Gasteiger partial charge in [-0.1, -0.05) is 6.07 Å². The number of halogens is 1. The van der Waals surface area contributed by atoms with Crippen molar-refractivity contribution >= 4 is 15.7 Å². The molecule has 2 N–H and O–H groups in total. The molecule has 0 atom stereocenters. The SMILES string of the molecule is Cc1ccc(S(=O)(=O)N(C)c2ccc(F)cc2)cc1CN. The highest BCUT2D eigenvalue weighted by Gasteiger charge is 2.21. The Morgan fingerprint density at radius 2 is 1.76 bits per heavy atom. The van der Waals surface area contributed by atoms with E-state index in [9.17, 15) is 12.8 Å². The maximum Gasteiger partial charge on any atom is 0.264 e. The fourth-order valence-corrected chi connectivity index (χ4v) is 3.22. The smallest absolute Gasteiger partial charge is 0.264 e. The van der Waals surface area contributed by atoms with Crippen LogP contribution in [0, 0.1) is 12.7 Å². The second-order valence-corrected chi connectivity index (χ2v) is 6.71. The van der Waals surface area contributed by atoms with Crippen molar-refractivity contribution in [2.75, 3.05) is 11.4 Å². The topological polar surface area (TPSA) is 63.4 Å². The molecule has 2 aromatic rings. The second kappa shape index (κ2) is 5.83. The van der Waals surface area contributed by atoms with Crippen LogP contribution in [0.4, 0.5) is 10.1 Å². The van der Waals surface area contributed by atoms with Crippen molar-refractivity contribution in [3.63, 3.8) is 0 Å². The summed E-state index contributed by atoms with van der Waals surface area (Å²) in [6, 6.07) is 10.1. The number of sulfonamides is 1. The van der Waals surface area contributed by atoms with Crippen LogP contribution in [0.3, 0.4) is 0 Å². The van der Waals surface area contributed by atoms with Gasteiger partial charge in [-0.25, -0.2) is 12.8 Å². The van der Waals surface area contributed by atoms with Crippen LogP contribution in [0.25, 0.3) is 0 Å². The number of rotatable bonds is 4. The summed E-state index contributed by atoms with van der Waals surface area (Å²) in [7, 11) is -2.26. The van der Waals surface area contributed by atoms with E-state index in [0.29, 0.717) is 5.69 Å². The summed E-state index contributed by atoms with van der Waals surface area (Å²) in [5, 5.41) is 0. The predicted octanol–water partition coefficient (Wildman–Crippen LogP) is 2.42. The fourth-order valence-electron chi connectivity index (χ4n) is 1.98. The zero-order valence-corrected chi connectivity index (χ0v) is 12.7. The lowest BCUT2D eigenvalue weighted by Crippen LogP contribution is -2.26. The predicted molar refractivity (Wildman–Crippen MR) is 81.1 cm³/mol. The number of hydrogen-bond donors (Lipinski definition) is 1. The van der Waals surface area contributed by atoms with Crippen LogP contribution in [-0.2, 0) is 16.6 Å². The summed E-state index contributed by atoms with van der Waals surface area (Å²) < 4.78 is 39.2. The lowest BCUT2D eigenvalue weighted by molar-refractivity contribution is 0.594. The van der Waals surface area contributed by atoms with Gasteiger partial charge in [-0.3, -0.25) is 4.31 Å². The maximum atomic E-state index is 12.9. The van der Waals surface area contributed by atoms with E-state index in [1.54, 1.807) is 18.2 Å². The molecule has 0 aromatic heterocycles. The van der Waals surface area contributed by atoms with E-state index in [1.807, 2.05) is 6.92 Å². The van der Waals surface area contributed by atoms with Crippen LogP contribution in [-0.4, -0.2) is 15.5 Å². The van der Waals surface area contributed by atoms with Crippen molar-refractivity contribution in [2.45, 2.75) is 18.4 Å². The molecule has 0 unspecified atom stereocenters. The molecule has 4 nitrogen and oxygen atoms in total. The Morgan fingerprint density at radius 1 is 1.14 bits per heavy atom. The minimum Gasteiger partial charge on any atom is -0.326 e. The van der Waals surface area contributed by atoms with Crippen LogP contribution in [0.5, 0.6) is 0 Å². The average molecular weight is 308 g/mol. The highest BCUT2D eigenvalue weighted by atomic mass is 32.2. The van der Waals surface area contributed by atoms with Gasteiger partial charge in [0.25, 0.3) is 10.0 Å². The van der Waals surface area contributed by atoms with Gasteiger partial charge >= 0.3 is 0 Å². The molecular weight excluding hydrogens is 291 g/mol. The first-order valence-electron chi connectivity index (χ1n) is 6.40. The lowest BCUT2D eigenvalue weighted by atomic mass is 10.1. The highest BCUT2D eigenvalue weighted by molar-refractivity contribution is 7.92. The van der Waals surface area contributed by atoms with Gasteiger partial charge < -0.3 is 5.73 Å². The number of nitrogens with zero attached hydrogens (tertiary/aromatic N) is 1. The van der Waals surface area contributed by atoms with Gasteiger partial charge in [0.05, 0.1) is 10.6 Å². The zero-order valence-electron chi connectivity index (χ0n) is 11.9. The minimum absolute atomic E-state index is 0.167.